The number of nitrogens with zero attached hydrogens (tertiary/aromatic N) is 1. The van der Waals surface area contributed by atoms with Crippen molar-refractivity contribution in [2.45, 2.75) is 18.9 Å². The lowest BCUT2D eigenvalue weighted by molar-refractivity contribution is -0.149. The molecule has 2 aliphatic heterocycles. The van der Waals surface area contributed by atoms with Crippen molar-refractivity contribution in [3.63, 3.8) is 0 Å². The summed E-state index contributed by atoms with van der Waals surface area (Å²) in [5.74, 6) is 1.21. The van der Waals surface area contributed by atoms with E-state index in [0.29, 0.717) is 12.5 Å². The molecule has 1 saturated carbocycles. The summed E-state index contributed by atoms with van der Waals surface area (Å²) in [6, 6.07) is -0.276. The Balaban J connectivity index is 1.89. The van der Waals surface area contributed by atoms with Crippen LogP contribution in [0.25, 0.3) is 0 Å². The number of carbonyl (C=O) groups is 1. The minimum absolute atomic E-state index is 0.0425. The van der Waals surface area contributed by atoms with E-state index in [0.717, 1.165) is 19.4 Å². The molecule has 0 aromatic heterocycles. The van der Waals surface area contributed by atoms with Crippen molar-refractivity contribution < 1.29 is 9.90 Å². The SMILES string of the molecule is NC(CO)CN1CC2CC(C2)C1=O. The van der Waals surface area contributed by atoms with Crippen LogP contribution < -0.4 is 5.73 Å². The Labute approximate surface area is 77.7 Å². The first kappa shape index (κ1) is 8.97. The van der Waals surface area contributed by atoms with Crippen LogP contribution in [0.4, 0.5) is 0 Å². The Morgan fingerprint density at radius 1 is 1.62 bits per heavy atom. The first-order chi connectivity index (χ1) is 6.20. The maximum Gasteiger partial charge on any atom is 0.225 e. The van der Waals surface area contributed by atoms with Crippen LogP contribution in [0.1, 0.15) is 12.8 Å². The average molecular weight is 184 g/mol. The molecule has 0 aromatic carbocycles. The summed E-state index contributed by atoms with van der Waals surface area (Å²) >= 11 is 0. The van der Waals surface area contributed by atoms with Crippen molar-refractivity contribution in [3.05, 3.63) is 0 Å². The molecule has 0 spiro atoms. The molecule has 1 unspecified atom stereocenters. The van der Waals surface area contributed by atoms with Crippen LogP contribution in [0.15, 0.2) is 0 Å². The molecule has 4 heteroatoms. The number of hydrogen-bond donors (Lipinski definition) is 2. The summed E-state index contributed by atoms with van der Waals surface area (Å²) in [6.07, 6.45) is 2.15. The minimum atomic E-state index is -0.276. The van der Waals surface area contributed by atoms with Crippen molar-refractivity contribution in [1.29, 1.82) is 0 Å². The number of rotatable bonds is 3. The van der Waals surface area contributed by atoms with Gasteiger partial charge in [-0.2, -0.15) is 0 Å². The quantitative estimate of drug-likeness (QED) is 0.602. The fraction of sp³-hybridized carbons (Fsp3) is 0.889. The molecule has 74 valence electrons. The molecule has 3 aliphatic rings. The maximum absolute atomic E-state index is 11.6. The van der Waals surface area contributed by atoms with Gasteiger partial charge in [-0.25, -0.2) is 0 Å². The van der Waals surface area contributed by atoms with Crippen molar-refractivity contribution in [3.8, 4) is 0 Å². The van der Waals surface area contributed by atoms with Crippen LogP contribution in [0.3, 0.4) is 0 Å². The Hall–Kier alpha value is -0.610. The second-order valence-electron chi connectivity index (χ2n) is 4.22. The van der Waals surface area contributed by atoms with Gasteiger partial charge in [-0.05, 0) is 18.8 Å². The third kappa shape index (κ3) is 1.56. The molecule has 3 fully saturated rings. The second kappa shape index (κ2) is 3.27. The fourth-order valence-electron chi connectivity index (χ4n) is 2.25. The van der Waals surface area contributed by atoms with Crippen LogP contribution in [-0.2, 0) is 4.79 Å². The molecule has 0 radical (unpaired) electrons. The number of piperidine rings is 2. The molecule has 2 saturated heterocycles. The zero-order chi connectivity index (χ0) is 9.42. The van der Waals surface area contributed by atoms with E-state index < -0.39 is 0 Å². The predicted molar refractivity (Wildman–Crippen MR) is 47.9 cm³/mol. The minimum Gasteiger partial charge on any atom is -0.395 e. The average Bonchev–Trinajstić information content (AvgIpc) is 2.05. The second-order valence-corrected chi connectivity index (χ2v) is 4.22. The van der Waals surface area contributed by atoms with Gasteiger partial charge >= 0.3 is 0 Å². The van der Waals surface area contributed by atoms with Gasteiger partial charge in [-0.15, -0.1) is 0 Å². The van der Waals surface area contributed by atoms with Gasteiger partial charge in [0.05, 0.1) is 6.61 Å². The van der Waals surface area contributed by atoms with Crippen LogP contribution in [-0.4, -0.2) is 41.7 Å². The van der Waals surface area contributed by atoms with E-state index >= 15 is 0 Å². The lowest BCUT2D eigenvalue weighted by Gasteiger charge is -2.46. The number of fused-ring (bicyclic) bond motifs is 2. The number of nitrogens with two attached hydrogens (primary N) is 1. The van der Waals surface area contributed by atoms with E-state index in [2.05, 4.69) is 0 Å². The number of hydrogen-bond acceptors (Lipinski definition) is 3. The Morgan fingerprint density at radius 3 is 2.85 bits per heavy atom. The summed E-state index contributed by atoms with van der Waals surface area (Å²) in [5.41, 5.74) is 5.58. The molecular weight excluding hydrogens is 168 g/mol. The van der Waals surface area contributed by atoms with Crippen LogP contribution in [0, 0.1) is 11.8 Å². The molecule has 2 bridgehead atoms. The van der Waals surface area contributed by atoms with Gasteiger partial charge in [0.25, 0.3) is 0 Å². The van der Waals surface area contributed by atoms with Gasteiger partial charge in [0, 0.05) is 25.0 Å². The molecular formula is C9H16N2O2. The van der Waals surface area contributed by atoms with E-state index in [-0.39, 0.29) is 24.5 Å². The smallest absolute Gasteiger partial charge is 0.225 e. The molecule has 13 heavy (non-hydrogen) atoms. The maximum atomic E-state index is 11.6. The summed E-state index contributed by atoms with van der Waals surface area (Å²) < 4.78 is 0. The lowest BCUT2D eigenvalue weighted by Crippen LogP contribution is -2.56. The predicted octanol–water partition coefficient (Wildman–Crippen LogP) is -0.826. The first-order valence-electron chi connectivity index (χ1n) is 4.86. The number of aliphatic hydroxyl groups excluding tert-OH is 1. The third-order valence-corrected chi connectivity index (χ3v) is 3.06. The van der Waals surface area contributed by atoms with Crippen molar-refractivity contribution in [2.24, 2.45) is 17.6 Å². The summed E-state index contributed by atoms with van der Waals surface area (Å²) in [4.78, 5) is 13.4. The molecule has 4 nitrogen and oxygen atoms in total. The summed E-state index contributed by atoms with van der Waals surface area (Å²) in [6.45, 7) is 1.32. The highest BCUT2D eigenvalue weighted by atomic mass is 16.3. The van der Waals surface area contributed by atoms with E-state index in [1.807, 2.05) is 4.90 Å². The molecule has 0 aromatic rings. The zero-order valence-electron chi connectivity index (χ0n) is 7.65. The topological polar surface area (TPSA) is 66.6 Å². The number of aliphatic hydroxyl groups is 1. The highest BCUT2D eigenvalue weighted by Gasteiger charge is 2.43. The summed E-state index contributed by atoms with van der Waals surface area (Å²) in [7, 11) is 0. The Morgan fingerprint density at radius 2 is 2.31 bits per heavy atom. The van der Waals surface area contributed by atoms with E-state index in [9.17, 15) is 4.79 Å². The molecule has 3 rings (SSSR count). The molecule has 1 atom stereocenters. The van der Waals surface area contributed by atoms with Crippen molar-refractivity contribution >= 4 is 5.91 Å². The van der Waals surface area contributed by atoms with Gasteiger partial charge in [0.2, 0.25) is 5.91 Å². The van der Waals surface area contributed by atoms with Gasteiger partial charge in [0.15, 0.2) is 0 Å². The van der Waals surface area contributed by atoms with Crippen LogP contribution in [0.2, 0.25) is 0 Å². The summed E-state index contributed by atoms with van der Waals surface area (Å²) in [5, 5.41) is 8.77. The first-order valence-corrected chi connectivity index (χ1v) is 4.86. The van der Waals surface area contributed by atoms with Crippen LogP contribution >= 0.6 is 0 Å². The van der Waals surface area contributed by atoms with Gasteiger partial charge in [-0.1, -0.05) is 0 Å². The zero-order valence-corrected chi connectivity index (χ0v) is 7.65. The van der Waals surface area contributed by atoms with Crippen molar-refractivity contribution in [1.82, 2.24) is 4.90 Å². The van der Waals surface area contributed by atoms with Gasteiger partial charge < -0.3 is 15.7 Å². The van der Waals surface area contributed by atoms with Gasteiger partial charge in [0.1, 0.15) is 0 Å². The van der Waals surface area contributed by atoms with E-state index in [1.54, 1.807) is 0 Å². The van der Waals surface area contributed by atoms with E-state index in [1.165, 1.54) is 0 Å². The molecule has 2 heterocycles. The number of amides is 1. The van der Waals surface area contributed by atoms with Crippen LogP contribution in [0.5, 0.6) is 0 Å². The highest BCUT2D eigenvalue weighted by molar-refractivity contribution is 5.81. The van der Waals surface area contributed by atoms with Crippen molar-refractivity contribution in [2.75, 3.05) is 19.7 Å². The monoisotopic (exact) mass is 184 g/mol. The molecule has 1 aliphatic carbocycles. The Bertz CT molecular complexity index is 214. The fourth-order valence-corrected chi connectivity index (χ4v) is 2.25. The van der Waals surface area contributed by atoms with E-state index in [4.69, 9.17) is 10.8 Å². The normalized spacial score (nSPS) is 34.3. The lowest BCUT2D eigenvalue weighted by atomic mass is 9.70. The van der Waals surface area contributed by atoms with Gasteiger partial charge in [-0.3, -0.25) is 4.79 Å². The largest absolute Gasteiger partial charge is 0.395 e. The Kier molecular flexibility index (Phi) is 2.26. The molecule has 1 amide bonds. The third-order valence-electron chi connectivity index (χ3n) is 3.06. The molecule has 3 N–H and O–H groups in total. The highest BCUT2D eigenvalue weighted by Crippen LogP contribution is 2.40. The number of carbonyl (C=O) groups excluding carboxylic acids is 1. The standard InChI is InChI=1S/C9H16N2O2/c10-8(5-12)4-11-3-6-1-7(2-6)9(11)13/h6-8,12H,1-5,10H2.